The Labute approximate surface area is 161 Å². The number of morpholine rings is 1. The Balaban J connectivity index is 1.86. The number of hydrogen-bond acceptors (Lipinski definition) is 3. The molecule has 0 spiro atoms. The first-order valence-electron chi connectivity index (χ1n) is 8.98. The Hall–Kier alpha value is -2.55. The Morgan fingerprint density at radius 3 is 2.75 bits per heavy atom. The molecule has 2 heterocycles. The van der Waals surface area contributed by atoms with Crippen molar-refractivity contribution >= 4 is 11.7 Å². The van der Waals surface area contributed by atoms with Crippen LogP contribution < -0.4 is 5.32 Å². The van der Waals surface area contributed by atoms with Crippen molar-refractivity contribution in [3.8, 4) is 0 Å². The lowest BCUT2D eigenvalue weighted by Crippen LogP contribution is -2.45. The van der Waals surface area contributed by atoms with Gasteiger partial charge in [0.15, 0.2) is 0 Å². The number of carbonyl (C=O) groups excluding carboxylic acids is 1. The average Bonchev–Trinajstić information content (AvgIpc) is 2.86. The summed E-state index contributed by atoms with van der Waals surface area (Å²) >= 11 is 0. The molecule has 6 nitrogen and oxygen atoms in total. The third-order valence-corrected chi connectivity index (χ3v) is 4.76. The Bertz CT molecular complexity index is 863. The fraction of sp³-hybridized carbons (Fsp3) is 0.474. The molecule has 152 valence electrons. The van der Waals surface area contributed by atoms with Gasteiger partial charge in [0, 0.05) is 23.5 Å². The van der Waals surface area contributed by atoms with Crippen LogP contribution in [0.5, 0.6) is 0 Å². The number of ether oxygens (including phenoxy) is 1. The molecule has 9 heteroatoms. The summed E-state index contributed by atoms with van der Waals surface area (Å²) in [5.74, 6) is 0. The third-order valence-electron chi connectivity index (χ3n) is 4.76. The fourth-order valence-electron chi connectivity index (χ4n) is 3.52. The average molecular weight is 396 g/mol. The number of carbonyl (C=O) groups is 1. The summed E-state index contributed by atoms with van der Waals surface area (Å²) in [6, 6.07) is 6.59. The highest BCUT2D eigenvalue weighted by Crippen LogP contribution is 2.31. The number of alkyl halides is 3. The lowest BCUT2D eigenvalue weighted by Gasteiger charge is -2.36. The minimum Gasteiger partial charge on any atom is -0.377 e. The molecule has 1 atom stereocenters. The van der Waals surface area contributed by atoms with E-state index in [1.165, 1.54) is 0 Å². The molecule has 1 aromatic heterocycles. The van der Waals surface area contributed by atoms with Crippen LogP contribution in [0, 0.1) is 20.8 Å². The normalized spacial score (nSPS) is 17.6. The van der Waals surface area contributed by atoms with E-state index >= 15 is 0 Å². The zero-order chi connectivity index (χ0) is 20.5. The van der Waals surface area contributed by atoms with Crippen LogP contribution in [0.4, 0.5) is 23.7 Å². The molecule has 28 heavy (non-hydrogen) atoms. The van der Waals surface area contributed by atoms with Gasteiger partial charge in [0.25, 0.3) is 0 Å². The molecule has 0 aliphatic carbocycles. The summed E-state index contributed by atoms with van der Waals surface area (Å²) in [7, 11) is 0. The summed E-state index contributed by atoms with van der Waals surface area (Å²) in [5.41, 5.74) is 3.13. The zero-order valence-electron chi connectivity index (χ0n) is 16.0. The molecule has 1 fully saturated rings. The maximum atomic E-state index is 12.9. The van der Waals surface area contributed by atoms with Crippen molar-refractivity contribution in [3.63, 3.8) is 0 Å². The number of anilines is 1. The molecule has 1 aromatic carbocycles. The quantitative estimate of drug-likeness (QED) is 0.854. The van der Waals surface area contributed by atoms with Crippen LogP contribution in [0.25, 0.3) is 0 Å². The van der Waals surface area contributed by atoms with Crippen molar-refractivity contribution in [1.29, 1.82) is 0 Å². The molecule has 0 radical (unpaired) electrons. The smallest absolute Gasteiger partial charge is 0.377 e. The highest BCUT2D eigenvalue weighted by atomic mass is 19.4. The minimum atomic E-state index is -4.37. The van der Waals surface area contributed by atoms with E-state index < -0.39 is 18.8 Å². The monoisotopic (exact) mass is 396 g/mol. The van der Waals surface area contributed by atoms with Crippen LogP contribution >= 0.6 is 0 Å². The van der Waals surface area contributed by atoms with Crippen LogP contribution in [-0.4, -0.2) is 46.6 Å². The van der Waals surface area contributed by atoms with E-state index in [1.54, 1.807) is 24.8 Å². The predicted octanol–water partition coefficient (Wildman–Crippen LogP) is 3.98. The summed E-state index contributed by atoms with van der Waals surface area (Å²) in [6.45, 7) is 4.92. The van der Waals surface area contributed by atoms with Crippen molar-refractivity contribution < 1.29 is 22.7 Å². The van der Waals surface area contributed by atoms with Gasteiger partial charge in [-0.2, -0.15) is 18.3 Å². The van der Waals surface area contributed by atoms with E-state index in [9.17, 15) is 18.0 Å². The van der Waals surface area contributed by atoms with Crippen LogP contribution in [0.3, 0.4) is 0 Å². The first kappa shape index (κ1) is 20.2. The number of amides is 2. The minimum absolute atomic E-state index is 0.209. The second kappa shape index (κ2) is 7.83. The van der Waals surface area contributed by atoms with Crippen LogP contribution in [0.15, 0.2) is 24.3 Å². The summed E-state index contributed by atoms with van der Waals surface area (Å²) in [6.07, 6.45) is -4.37. The number of rotatable bonds is 3. The van der Waals surface area contributed by atoms with Crippen LogP contribution in [0.1, 0.15) is 28.6 Å². The number of nitrogens with zero attached hydrogens (tertiary/aromatic N) is 3. The molecule has 1 aliphatic rings. The second-order valence-electron chi connectivity index (χ2n) is 6.94. The van der Waals surface area contributed by atoms with Crippen molar-refractivity contribution in [2.75, 3.05) is 25.1 Å². The van der Waals surface area contributed by atoms with Gasteiger partial charge in [-0.1, -0.05) is 12.1 Å². The van der Waals surface area contributed by atoms with E-state index in [-0.39, 0.29) is 12.6 Å². The van der Waals surface area contributed by atoms with Gasteiger partial charge in [-0.3, -0.25) is 4.68 Å². The van der Waals surface area contributed by atoms with Crippen molar-refractivity contribution in [1.82, 2.24) is 14.7 Å². The molecular weight excluding hydrogens is 373 g/mol. The summed E-state index contributed by atoms with van der Waals surface area (Å²) in [4.78, 5) is 14.5. The number of hydrogen-bond donors (Lipinski definition) is 1. The van der Waals surface area contributed by atoms with Gasteiger partial charge in [-0.25, -0.2) is 4.79 Å². The van der Waals surface area contributed by atoms with Gasteiger partial charge in [0.1, 0.15) is 6.54 Å². The van der Waals surface area contributed by atoms with Crippen molar-refractivity contribution in [2.45, 2.75) is 39.5 Å². The molecule has 2 amide bonds. The van der Waals surface area contributed by atoms with E-state index in [1.807, 2.05) is 25.1 Å². The highest BCUT2D eigenvalue weighted by Gasteiger charge is 2.35. The fourth-order valence-corrected chi connectivity index (χ4v) is 3.52. The maximum Gasteiger partial charge on any atom is 0.408 e. The largest absolute Gasteiger partial charge is 0.408 e. The molecule has 1 saturated heterocycles. The third kappa shape index (κ3) is 4.46. The number of aromatic nitrogens is 2. The van der Waals surface area contributed by atoms with E-state index in [0.29, 0.717) is 35.8 Å². The zero-order valence-corrected chi connectivity index (χ0v) is 16.0. The van der Waals surface area contributed by atoms with Gasteiger partial charge < -0.3 is 15.0 Å². The number of halogens is 3. The van der Waals surface area contributed by atoms with E-state index in [4.69, 9.17) is 4.74 Å². The van der Waals surface area contributed by atoms with Crippen LogP contribution in [0.2, 0.25) is 0 Å². The molecule has 0 saturated carbocycles. The van der Waals surface area contributed by atoms with Gasteiger partial charge in [-0.05, 0) is 38.5 Å². The molecule has 3 rings (SSSR count). The van der Waals surface area contributed by atoms with Crippen molar-refractivity contribution in [3.05, 3.63) is 46.8 Å². The number of urea groups is 1. The van der Waals surface area contributed by atoms with E-state index in [0.717, 1.165) is 10.2 Å². The summed E-state index contributed by atoms with van der Waals surface area (Å²) in [5, 5.41) is 6.90. The Morgan fingerprint density at radius 2 is 2.07 bits per heavy atom. The van der Waals surface area contributed by atoms with Gasteiger partial charge in [0.05, 0.1) is 24.9 Å². The number of aryl methyl sites for hydroxylation is 2. The van der Waals surface area contributed by atoms with Gasteiger partial charge in [0.2, 0.25) is 0 Å². The van der Waals surface area contributed by atoms with E-state index in [2.05, 4.69) is 10.4 Å². The van der Waals surface area contributed by atoms with Crippen LogP contribution in [-0.2, 0) is 11.3 Å². The topological polar surface area (TPSA) is 59.4 Å². The highest BCUT2D eigenvalue weighted by molar-refractivity contribution is 5.89. The molecule has 1 aliphatic heterocycles. The predicted molar refractivity (Wildman–Crippen MR) is 98.2 cm³/mol. The van der Waals surface area contributed by atoms with Gasteiger partial charge >= 0.3 is 12.2 Å². The molecule has 1 N–H and O–H groups in total. The molecule has 2 aromatic rings. The number of benzene rings is 1. The lowest BCUT2D eigenvalue weighted by atomic mass is 10.0. The maximum absolute atomic E-state index is 12.9. The summed E-state index contributed by atoms with van der Waals surface area (Å²) < 4.78 is 44.9. The Kier molecular flexibility index (Phi) is 5.64. The van der Waals surface area contributed by atoms with Gasteiger partial charge in [-0.15, -0.1) is 0 Å². The first-order valence-corrected chi connectivity index (χ1v) is 8.98. The SMILES string of the molecule is Cc1cccc(NC(=O)N2CCOC[C@@H]2c2c(C)nn(CC(F)(F)F)c2C)c1. The van der Waals surface area contributed by atoms with Crippen molar-refractivity contribution in [2.24, 2.45) is 0 Å². The molecule has 0 bridgehead atoms. The lowest BCUT2D eigenvalue weighted by molar-refractivity contribution is -0.143. The Morgan fingerprint density at radius 1 is 1.32 bits per heavy atom. The first-order chi connectivity index (χ1) is 13.2. The molecule has 0 unspecified atom stereocenters. The second-order valence-corrected chi connectivity index (χ2v) is 6.94. The standard InChI is InChI=1S/C19H23F3N4O2/c1-12-5-4-6-15(9-12)23-18(27)25-7-8-28-10-16(25)17-13(2)24-26(14(17)3)11-19(20,21)22/h4-6,9,16H,7-8,10-11H2,1-3H3,(H,23,27)/t16-/m1/s1. The molecular formula is C19H23F3N4O2. The number of nitrogens with one attached hydrogen (secondary N) is 1.